The van der Waals surface area contributed by atoms with Crippen LogP contribution >= 0.6 is 35.1 Å². The van der Waals surface area contributed by atoms with Crippen molar-refractivity contribution in [3.8, 4) is 11.4 Å². The molecule has 0 amide bonds. The highest BCUT2D eigenvalue weighted by atomic mass is 35.5. The lowest BCUT2D eigenvalue weighted by atomic mass is 10.2. The van der Waals surface area contributed by atoms with Gasteiger partial charge in [-0.2, -0.15) is 0 Å². The number of para-hydroxylation sites is 2. The van der Waals surface area contributed by atoms with E-state index < -0.39 is 0 Å². The van der Waals surface area contributed by atoms with Gasteiger partial charge in [-0.05, 0) is 24.3 Å². The normalized spacial score (nSPS) is 12.8. The number of nitrogens with zero attached hydrogens (tertiary/aromatic N) is 2. The highest BCUT2D eigenvalue weighted by Gasteiger charge is 2.24. The minimum absolute atomic E-state index is 0.126. The molecular weight excluding hydrogens is 419 g/mol. The van der Waals surface area contributed by atoms with Crippen LogP contribution in [0.25, 0.3) is 5.69 Å². The quantitative estimate of drug-likeness (QED) is 0.419. The largest absolute Gasteiger partial charge is 0.495 e. The van der Waals surface area contributed by atoms with Crippen LogP contribution in [-0.4, -0.2) is 22.4 Å². The van der Waals surface area contributed by atoms with Crippen molar-refractivity contribution in [2.24, 2.45) is 0 Å². The van der Waals surface area contributed by atoms with E-state index in [1.54, 1.807) is 29.9 Å². The number of hydrogen-bond acceptors (Lipinski definition) is 5. The summed E-state index contributed by atoms with van der Waals surface area (Å²) in [6, 6.07) is 11.9. The van der Waals surface area contributed by atoms with Crippen LogP contribution in [0.3, 0.4) is 0 Å². The van der Waals surface area contributed by atoms with Crippen molar-refractivity contribution in [2.45, 2.75) is 22.2 Å². The maximum atomic E-state index is 14.2. The van der Waals surface area contributed by atoms with E-state index in [1.807, 2.05) is 18.2 Å². The van der Waals surface area contributed by atoms with Gasteiger partial charge in [0.1, 0.15) is 11.6 Å². The molecule has 2 heterocycles. The summed E-state index contributed by atoms with van der Waals surface area (Å²) in [6.45, 7) is 0. The van der Waals surface area contributed by atoms with Gasteiger partial charge in [-0.3, -0.25) is 9.36 Å². The summed E-state index contributed by atoms with van der Waals surface area (Å²) in [6.07, 6.45) is 0.746. The van der Waals surface area contributed by atoms with Crippen LogP contribution in [0.5, 0.6) is 5.75 Å². The highest BCUT2D eigenvalue weighted by Crippen LogP contribution is 2.34. The SMILES string of the molecule is COc1ccccc1-n1c(SCc2c(F)cccc2Cl)nc2c(c1=O)SCC2. The smallest absolute Gasteiger partial charge is 0.272 e. The Morgan fingerprint density at radius 3 is 2.89 bits per heavy atom. The molecule has 144 valence electrons. The fourth-order valence-corrected chi connectivity index (χ4v) is 5.41. The van der Waals surface area contributed by atoms with Crippen molar-refractivity contribution >= 4 is 35.1 Å². The number of methoxy groups -OCH3 is 1. The first kappa shape index (κ1) is 19.4. The summed E-state index contributed by atoms with van der Waals surface area (Å²) in [5.41, 5.74) is 1.67. The summed E-state index contributed by atoms with van der Waals surface area (Å²) in [5.74, 6) is 1.29. The summed E-state index contributed by atoms with van der Waals surface area (Å²) >= 11 is 8.96. The molecule has 1 aromatic heterocycles. The number of hydrogen-bond donors (Lipinski definition) is 0. The third-order valence-electron chi connectivity index (χ3n) is 4.40. The van der Waals surface area contributed by atoms with Gasteiger partial charge < -0.3 is 4.74 Å². The second-order valence-electron chi connectivity index (χ2n) is 6.07. The van der Waals surface area contributed by atoms with Gasteiger partial charge in [0.25, 0.3) is 5.56 Å². The van der Waals surface area contributed by atoms with Crippen molar-refractivity contribution < 1.29 is 9.13 Å². The topological polar surface area (TPSA) is 44.1 Å². The molecule has 0 unspecified atom stereocenters. The molecule has 0 fully saturated rings. The van der Waals surface area contributed by atoms with E-state index in [1.165, 1.54) is 29.6 Å². The number of halogens is 2. The van der Waals surface area contributed by atoms with Gasteiger partial charge in [-0.25, -0.2) is 9.37 Å². The van der Waals surface area contributed by atoms with Gasteiger partial charge >= 0.3 is 0 Å². The maximum Gasteiger partial charge on any atom is 0.272 e. The van der Waals surface area contributed by atoms with Gasteiger partial charge in [0.2, 0.25) is 0 Å². The maximum absolute atomic E-state index is 14.2. The standard InChI is InChI=1S/C20H16ClFN2O2S2/c1-26-17-8-3-2-7-16(17)24-19(25)18-15(9-10-27-18)23-20(24)28-11-12-13(21)5-4-6-14(12)22/h2-8H,9-11H2,1H3. The first-order chi connectivity index (χ1) is 13.6. The van der Waals surface area contributed by atoms with Gasteiger partial charge in [0, 0.05) is 28.5 Å². The molecule has 0 atom stereocenters. The minimum Gasteiger partial charge on any atom is -0.495 e. The average molecular weight is 435 g/mol. The number of benzene rings is 2. The second kappa shape index (κ2) is 8.19. The third-order valence-corrected chi connectivity index (χ3v) is 6.83. The Kier molecular flexibility index (Phi) is 5.66. The van der Waals surface area contributed by atoms with Gasteiger partial charge in [-0.1, -0.05) is 41.6 Å². The Morgan fingerprint density at radius 1 is 1.29 bits per heavy atom. The average Bonchev–Trinajstić information content (AvgIpc) is 3.17. The van der Waals surface area contributed by atoms with Crippen molar-refractivity contribution in [1.29, 1.82) is 0 Å². The lowest BCUT2D eigenvalue weighted by Crippen LogP contribution is -2.24. The monoisotopic (exact) mass is 434 g/mol. The Hall–Kier alpha value is -1.96. The molecule has 0 N–H and O–H groups in total. The number of ether oxygens (including phenoxy) is 1. The van der Waals surface area contributed by atoms with Crippen LogP contribution < -0.4 is 10.3 Å². The van der Waals surface area contributed by atoms with E-state index in [-0.39, 0.29) is 17.1 Å². The van der Waals surface area contributed by atoms with E-state index >= 15 is 0 Å². The summed E-state index contributed by atoms with van der Waals surface area (Å²) in [7, 11) is 1.56. The summed E-state index contributed by atoms with van der Waals surface area (Å²) in [4.78, 5) is 18.6. The highest BCUT2D eigenvalue weighted by molar-refractivity contribution is 7.99. The van der Waals surface area contributed by atoms with Crippen molar-refractivity contribution in [3.05, 3.63) is 74.9 Å². The van der Waals surface area contributed by atoms with Crippen LogP contribution in [0.2, 0.25) is 5.02 Å². The molecule has 2 aromatic carbocycles. The second-order valence-corrected chi connectivity index (χ2v) is 8.52. The van der Waals surface area contributed by atoms with Gasteiger partial charge in [-0.15, -0.1) is 11.8 Å². The van der Waals surface area contributed by atoms with E-state index in [0.29, 0.717) is 32.1 Å². The molecule has 1 aliphatic rings. The molecule has 0 bridgehead atoms. The van der Waals surface area contributed by atoms with Crippen LogP contribution in [0.15, 0.2) is 57.3 Å². The van der Waals surface area contributed by atoms with Crippen LogP contribution in [0.4, 0.5) is 4.39 Å². The first-order valence-corrected chi connectivity index (χ1v) is 10.9. The summed E-state index contributed by atoms with van der Waals surface area (Å²) < 4.78 is 21.2. The van der Waals surface area contributed by atoms with E-state index in [9.17, 15) is 9.18 Å². The Balaban J connectivity index is 1.83. The van der Waals surface area contributed by atoms with Gasteiger partial charge in [0.05, 0.1) is 23.4 Å². The number of rotatable bonds is 5. The molecule has 1 aliphatic heterocycles. The predicted octanol–water partition coefficient (Wildman–Crippen LogP) is 4.97. The van der Waals surface area contributed by atoms with Crippen molar-refractivity contribution in [3.63, 3.8) is 0 Å². The Morgan fingerprint density at radius 2 is 2.11 bits per heavy atom. The lowest BCUT2D eigenvalue weighted by molar-refractivity contribution is 0.411. The molecule has 8 heteroatoms. The molecule has 3 aromatic rings. The molecule has 4 rings (SSSR count). The van der Waals surface area contributed by atoms with Crippen molar-refractivity contribution in [1.82, 2.24) is 9.55 Å². The Bertz CT molecular complexity index is 1080. The van der Waals surface area contributed by atoms with E-state index in [4.69, 9.17) is 21.3 Å². The number of aryl methyl sites for hydroxylation is 1. The fourth-order valence-electron chi connectivity index (χ4n) is 3.02. The van der Waals surface area contributed by atoms with E-state index in [0.717, 1.165) is 17.9 Å². The predicted molar refractivity (Wildman–Crippen MR) is 112 cm³/mol. The van der Waals surface area contributed by atoms with Gasteiger partial charge in [0.15, 0.2) is 5.16 Å². The van der Waals surface area contributed by atoms with Crippen LogP contribution in [-0.2, 0) is 12.2 Å². The lowest BCUT2D eigenvalue weighted by Gasteiger charge is -2.16. The molecule has 0 aliphatic carbocycles. The fraction of sp³-hybridized carbons (Fsp3) is 0.200. The third kappa shape index (κ3) is 3.54. The molecule has 0 spiro atoms. The van der Waals surface area contributed by atoms with Crippen LogP contribution in [0.1, 0.15) is 11.3 Å². The Labute approximate surface area is 175 Å². The molecule has 0 radical (unpaired) electrons. The first-order valence-electron chi connectivity index (χ1n) is 8.58. The minimum atomic E-state index is -0.372. The number of aromatic nitrogens is 2. The molecule has 28 heavy (non-hydrogen) atoms. The molecular formula is C20H16ClFN2O2S2. The van der Waals surface area contributed by atoms with Crippen LogP contribution in [0, 0.1) is 5.82 Å². The molecule has 4 nitrogen and oxygen atoms in total. The number of fused-ring (bicyclic) bond motifs is 1. The van der Waals surface area contributed by atoms with Crippen molar-refractivity contribution in [2.75, 3.05) is 12.9 Å². The molecule has 0 saturated carbocycles. The molecule has 0 saturated heterocycles. The zero-order chi connectivity index (χ0) is 19.7. The summed E-state index contributed by atoms with van der Waals surface area (Å²) in [5, 5.41) is 0.852. The number of thioether (sulfide) groups is 2. The van der Waals surface area contributed by atoms with E-state index in [2.05, 4.69) is 0 Å². The zero-order valence-corrected chi connectivity index (χ0v) is 17.3. The zero-order valence-electron chi connectivity index (χ0n) is 14.9.